The SMILES string of the molecule is C=CCc1cccc(C2C3=CCC4C(=O)N(c5ccccc5)C(=O)C4C3CC3C(=O)N(c4cc(-c5sc6ccc(Cl)cc6c5C)nn4C)C(=O)C32C)c1O. The number of anilines is 2. The molecule has 272 valence electrons. The first-order valence-electron chi connectivity index (χ1n) is 18.1. The van der Waals surface area contributed by atoms with E-state index in [1.807, 2.05) is 56.3 Å². The Morgan fingerprint density at radius 2 is 1.76 bits per heavy atom. The molecule has 1 saturated carbocycles. The molecule has 4 aliphatic rings. The van der Waals surface area contributed by atoms with Crippen molar-refractivity contribution in [2.45, 2.75) is 39.0 Å². The molecule has 2 aliphatic heterocycles. The van der Waals surface area contributed by atoms with Gasteiger partial charge in [0.2, 0.25) is 23.6 Å². The molecule has 0 bridgehead atoms. The Morgan fingerprint density at radius 3 is 2.52 bits per heavy atom. The zero-order chi connectivity index (χ0) is 37.8. The predicted molar refractivity (Wildman–Crippen MR) is 209 cm³/mol. The summed E-state index contributed by atoms with van der Waals surface area (Å²) < 4.78 is 2.62. The van der Waals surface area contributed by atoms with Gasteiger partial charge in [-0.3, -0.25) is 28.8 Å². The lowest BCUT2D eigenvalue weighted by molar-refractivity contribution is -0.131. The van der Waals surface area contributed by atoms with Gasteiger partial charge in [0.15, 0.2) is 0 Å². The smallest absolute Gasteiger partial charge is 0.242 e. The predicted octanol–water partition coefficient (Wildman–Crippen LogP) is 8.13. The lowest BCUT2D eigenvalue weighted by Crippen LogP contribution is -2.49. The maximum atomic E-state index is 15.2. The van der Waals surface area contributed by atoms with Gasteiger partial charge in [0.25, 0.3) is 0 Å². The Morgan fingerprint density at radius 1 is 0.981 bits per heavy atom. The molecule has 6 unspecified atom stereocenters. The van der Waals surface area contributed by atoms with Crippen LogP contribution in [0.3, 0.4) is 0 Å². The second kappa shape index (κ2) is 12.4. The van der Waals surface area contributed by atoms with E-state index < -0.39 is 40.9 Å². The highest BCUT2D eigenvalue weighted by atomic mass is 35.5. The number of fused-ring (bicyclic) bond motifs is 5. The van der Waals surface area contributed by atoms with Gasteiger partial charge in [0.1, 0.15) is 17.3 Å². The fraction of sp³-hybridized carbons (Fsp3) is 0.279. The molecule has 0 radical (unpaired) electrons. The van der Waals surface area contributed by atoms with Gasteiger partial charge < -0.3 is 5.11 Å². The molecule has 5 aromatic rings. The van der Waals surface area contributed by atoms with Crippen LogP contribution in [0.5, 0.6) is 5.75 Å². The van der Waals surface area contributed by atoms with E-state index in [1.54, 1.807) is 65.5 Å². The van der Waals surface area contributed by atoms with E-state index in [4.69, 9.17) is 16.7 Å². The molecule has 11 heteroatoms. The molecule has 2 aromatic heterocycles. The number of thiophene rings is 1. The number of benzene rings is 3. The van der Waals surface area contributed by atoms with Crippen molar-refractivity contribution in [3.8, 4) is 16.3 Å². The number of allylic oxidation sites excluding steroid dienone is 3. The summed E-state index contributed by atoms with van der Waals surface area (Å²) in [5, 5.41) is 18.3. The van der Waals surface area contributed by atoms with Crippen LogP contribution < -0.4 is 9.80 Å². The van der Waals surface area contributed by atoms with E-state index in [9.17, 15) is 19.5 Å². The Labute approximate surface area is 321 Å². The van der Waals surface area contributed by atoms with E-state index in [1.165, 1.54) is 9.80 Å². The monoisotopic (exact) mass is 756 g/mol. The number of hydrogen-bond acceptors (Lipinski definition) is 7. The van der Waals surface area contributed by atoms with Gasteiger partial charge in [-0.2, -0.15) is 5.10 Å². The highest BCUT2D eigenvalue weighted by Gasteiger charge is 2.68. The van der Waals surface area contributed by atoms with Crippen molar-refractivity contribution in [1.82, 2.24) is 9.78 Å². The van der Waals surface area contributed by atoms with Crippen molar-refractivity contribution in [3.63, 3.8) is 0 Å². The standard InChI is InChI=1S/C43H37ClN4O5S/c1-5-10-23-11-9-14-28(37(23)49)36-26-16-17-27-35(41(52)47(39(27)50)25-12-7-6-8-13-25)30(26)20-31-40(51)48(42(53)43(31,36)3)34-21-32(45-46(34)4)38-22(2)29-19-24(44)15-18-33(29)54-38/h5-9,11-16,18-19,21,27,30-31,35-36,49H,1,10,17,20H2,2-4H3. The van der Waals surface area contributed by atoms with Gasteiger partial charge >= 0.3 is 0 Å². The third-order valence-electron chi connectivity index (χ3n) is 12.3. The van der Waals surface area contributed by atoms with Crippen molar-refractivity contribution in [2.24, 2.45) is 36.1 Å². The van der Waals surface area contributed by atoms with Crippen molar-refractivity contribution in [1.29, 1.82) is 0 Å². The molecule has 9 rings (SSSR count). The minimum Gasteiger partial charge on any atom is -0.507 e. The minimum absolute atomic E-state index is 0.0349. The van der Waals surface area contributed by atoms with Crippen LogP contribution in [-0.2, 0) is 32.6 Å². The Kier molecular flexibility index (Phi) is 7.89. The number of halogens is 1. The first kappa shape index (κ1) is 34.4. The van der Waals surface area contributed by atoms with E-state index in [0.29, 0.717) is 46.2 Å². The molecule has 3 fully saturated rings. The van der Waals surface area contributed by atoms with Gasteiger partial charge in [0.05, 0.1) is 33.7 Å². The molecule has 6 atom stereocenters. The van der Waals surface area contributed by atoms with Crippen LogP contribution in [0, 0.1) is 36.0 Å². The third-order valence-corrected chi connectivity index (χ3v) is 13.9. The van der Waals surface area contributed by atoms with Crippen LogP contribution >= 0.6 is 22.9 Å². The molecule has 3 aromatic carbocycles. The maximum Gasteiger partial charge on any atom is 0.242 e. The second-order valence-electron chi connectivity index (χ2n) is 15.1. The summed E-state index contributed by atoms with van der Waals surface area (Å²) >= 11 is 7.89. The Hall–Kier alpha value is -5.32. The number of rotatable bonds is 6. The van der Waals surface area contributed by atoms with E-state index in [0.717, 1.165) is 26.1 Å². The van der Waals surface area contributed by atoms with Gasteiger partial charge in [-0.15, -0.1) is 17.9 Å². The number of aryl methyl sites for hydroxylation is 2. The third kappa shape index (κ3) is 4.72. The van der Waals surface area contributed by atoms with Crippen molar-refractivity contribution in [2.75, 3.05) is 9.80 Å². The average molecular weight is 757 g/mol. The summed E-state index contributed by atoms with van der Waals surface area (Å²) in [6.07, 6.45) is 4.62. The Balaban J connectivity index is 1.17. The first-order valence-corrected chi connectivity index (χ1v) is 19.3. The van der Waals surface area contributed by atoms with Crippen molar-refractivity contribution in [3.05, 3.63) is 119 Å². The minimum atomic E-state index is -1.32. The van der Waals surface area contributed by atoms with Crippen LogP contribution in [-0.4, -0.2) is 38.5 Å². The van der Waals surface area contributed by atoms with Crippen molar-refractivity contribution >= 4 is 68.2 Å². The van der Waals surface area contributed by atoms with Gasteiger partial charge in [-0.25, -0.2) is 4.90 Å². The van der Waals surface area contributed by atoms with Gasteiger partial charge in [-0.1, -0.05) is 65.7 Å². The van der Waals surface area contributed by atoms with E-state index in [-0.39, 0.29) is 29.9 Å². The first-order chi connectivity index (χ1) is 25.9. The number of aromatic hydroxyl groups is 1. The lowest BCUT2D eigenvalue weighted by Gasteiger charge is -2.49. The number of phenolic OH excluding ortho intramolecular Hbond substituents is 1. The largest absolute Gasteiger partial charge is 0.507 e. The molecule has 4 heterocycles. The number of imide groups is 2. The number of amides is 4. The number of hydrogen-bond donors (Lipinski definition) is 1. The summed E-state index contributed by atoms with van der Waals surface area (Å²) in [6.45, 7) is 7.69. The summed E-state index contributed by atoms with van der Waals surface area (Å²) in [5.41, 5.74) is 2.79. The van der Waals surface area contributed by atoms with Crippen molar-refractivity contribution < 1.29 is 24.3 Å². The average Bonchev–Trinajstić information content (AvgIpc) is 3.83. The molecular formula is C43H37ClN4O5S. The summed E-state index contributed by atoms with van der Waals surface area (Å²) in [6, 6.07) is 21.9. The fourth-order valence-electron chi connectivity index (χ4n) is 9.79. The van der Waals surface area contributed by atoms with Crippen LogP contribution in [0.25, 0.3) is 20.7 Å². The molecule has 1 N–H and O–H groups in total. The molecule has 0 spiro atoms. The van der Waals surface area contributed by atoms with Crippen LogP contribution in [0.4, 0.5) is 11.5 Å². The van der Waals surface area contributed by atoms with Gasteiger partial charge in [0, 0.05) is 34.3 Å². The summed E-state index contributed by atoms with van der Waals surface area (Å²) in [7, 11) is 1.72. The zero-order valence-electron chi connectivity index (χ0n) is 30.0. The highest BCUT2D eigenvalue weighted by molar-refractivity contribution is 7.22. The summed E-state index contributed by atoms with van der Waals surface area (Å²) in [5.74, 6) is -4.39. The van der Waals surface area contributed by atoms with Crippen LogP contribution in [0.15, 0.2) is 97.1 Å². The number of nitrogens with zero attached hydrogens (tertiary/aromatic N) is 4. The number of carbonyl (C=O) groups excluding carboxylic acids is 4. The maximum absolute atomic E-state index is 15.2. The quantitative estimate of drug-likeness (QED) is 0.138. The normalized spacial score (nSPS) is 26.3. The van der Waals surface area contributed by atoms with Crippen LogP contribution in [0.2, 0.25) is 5.02 Å². The van der Waals surface area contributed by atoms with E-state index >= 15 is 4.79 Å². The van der Waals surface area contributed by atoms with E-state index in [2.05, 4.69) is 6.58 Å². The molecule has 9 nitrogen and oxygen atoms in total. The number of phenols is 1. The topological polar surface area (TPSA) is 113 Å². The fourth-order valence-corrected chi connectivity index (χ4v) is 11.1. The number of para-hydroxylation sites is 2. The van der Waals surface area contributed by atoms with Crippen LogP contribution in [0.1, 0.15) is 42.4 Å². The molecule has 2 aliphatic carbocycles. The Bertz CT molecular complexity index is 2500. The zero-order valence-corrected chi connectivity index (χ0v) is 31.5. The number of aromatic nitrogens is 2. The molecule has 2 saturated heterocycles. The van der Waals surface area contributed by atoms with Gasteiger partial charge in [-0.05, 0) is 85.9 Å². The highest BCUT2D eigenvalue weighted by Crippen LogP contribution is 2.64. The summed E-state index contributed by atoms with van der Waals surface area (Å²) in [4.78, 5) is 61.9. The molecule has 54 heavy (non-hydrogen) atoms. The molecule has 4 amide bonds. The molecular weight excluding hydrogens is 720 g/mol. The lowest BCUT2D eigenvalue weighted by atomic mass is 9.51. The number of carbonyl (C=O) groups is 4. The second-order valence-corrected chi connectivity index (χ2v) is 16.6.